The number of hydrogen-bond donors (Lipinski definition) is 1. The second-order valence-corrected chi connectivity index (χ2v) is 8.45. The predicted molar refractivity (Wildman–Crippen MR) is 93.7 cm³/mol. The van der Waals surface area contributed by atoms with Crippen molar-refractivity contribution in [3.63, 3.8) is 0 Å². The minimum atomic E-state index is -5.83. The largest absolute Gasteiger partial charge is 0.426 e. The zero-order chi connectivity index (χ0) is 22.6. The summed E-state index contributed by atoms with van der Waals surface area (Å²) in [6.45, 7) is 3.51. The molecule has 168 valence electrons. The molecule has 1 saturated carbocycles. The number of carbonyl (C=O) groups is 2. The molecule has 30 heavy (non-hydrogen) atoms. The predicted octanol–water partition coefficient (Wildman–Crippen LogP) is 4.16. The summed E-state index contributed by atoms with van der Waals surface area (Å²) in [4.78, 5) is 26.2. The molecule has 3 rings (SSSR count). The second kappa shape index (κ2) is 7.39. The molecule has 1 aliphatic heterocycles. The molecule has 1 fully saturated rings. The number of amides is 1. The highest BCUT2D eigenvalue weighted by Gasteiger charge is 2.73. The van der Waals surface area contributed by atoms with Crippen molar-refractivity contribution in [1.82, 2.24) is 4.90 Å². The van der Waals surface area contributed by atoms with Gasteiger partial charge in [-0.25, -0.2) is 0 Å². The van der Waals surface area contributed by atoms with Gasteiger partial charge in [-0.3, -0.25) is 9.59 Å². The van der Waals surface area contributed by atoms with Gasteiger partial charge in [-0.1, -0.05) is 6.08 Å². The van der Waals surface area contributed by atoms with Gasteiger partial charge in [0.1, 0.15) is 0 Å². The molecule has 2 atom stereocenters. The van der Waals surface area contributed by atoms with Crippen molar-refractivity contribution in [3.8, 4) is 0 Å². The lowest BCUT2D eigenvalue weighted by Crippen LogP contribution is -2.62. The first kappa shape index (κ1) is 22.8. The van der Waals surface area contributed by atoms with Crippen molar-refractivity contribution >= 4 is 11.7 Å². The Hall–Kier alpha value is -1.84. The Labute approximate surface area is 169 Å². The summed E-state index contributed by atoms with van der Waals surface area (Å²) in [6, 6.07) is 0. The number of ketones is 1. The van der Waals surface area contributed by atoms with Gasteiger partial charge in [0.15, 0.2) is 5.78 Å². The van der Waals surface area contributed by atoms with E-state index in [2.05, 4.69) is 0 Å². The molecular formula is C20H23F6NO3. The van der Waals surface area contributed by atoms with Crippen LogP contribution < -0.4 is 0 Å². The van der Waals surface area contributed by atoms with Crippen LogP contribution in [0.5, 0.6) is 0 Å². The average molecular weight is 439 g/mol. The van der Waals surface area contributed by atoms with Gasteiger partial charge in [0.2, 0.25) is 5.91 Å². The van der Waals surface area contributed by atoms with E-state index in [1.165, 1.54) is 11.0 Å². The number of alkyl halides is 6. The molecule has 0 aromatic rings. The first-order valence-electron chi connectivity index (χ1n) is 9.83. The van der Waals surface area contributed by atoms with Gasteiger partial charge in [-0.05, 0) is 57.1 Å². The smallest absolute Gasteiger partial charge is 0.373 e. The molecule has 0 radical (unpaired) electrons. The number of nitrogens with zero attached hydrogens (tertiary/aromatic N) is 1. The average Bonchev–Trinajstić information content (AvgIpc) is 2.88. The van der Waals surface area contributed by atoms with E-state index in [1.54, 1.807) is 19.9 Å². The van der Waals surface area contributed by atoms with Gasteiger partial charge in [-0.15, -0.1) is 0 Å². The SMILES string of the molecule is CC1C(=O)N(CC2CCC(C(O)(C(F)(F)F)C(F)(F)F)CC2)C2=C1C=CC(=O)C2C. The summed E-state index contributed by atoms with van der Waals surface area (Å²) in [5.74, 6) is -3.68. The van der Waals surface area contributed by atoms with E-state index >= 15 is 0 Å². The quantitative estimate of drug-likeness (QED) is 0.672. The fourth-order valence-corrected chi connectivity index (χ4v) is 4.86. The lowest BCUT2D eigenvalue weighted by Gasteiger charge is -2.42. The maximum Gasteiger partial charge on any atom is 0.426 e. The summed E-state index contributed by atoms with van der Waals surface area (Å²) in [7, 11) is 0. The number of rotatable bonds is 3. The maximum absolute atomic E-state index is 13.1. The first-order chi connectivity index (χ1) is 13.7. The van der Waals surface area contributed by atoms with Crippen LogP contribution in [0.3, 0.4) is 0 Å². The second-order valence-electron chi connectivity index (χ2n) is 8.45. The van der Waals surface area contributed by atoms with E-state index in [1.807, 2.05) is 0 Å². The number of halogens is 6. The Morgan fingerprint density at radius 3 is 1.97 bits per heavy atom. The van der Waals surface area contributed by atoms with Crippen molar-refractivity contribution in [3.05, 3.63) is 23.4 Å². The monoisotopic (exact) mass is 439 g/mol. The fourth-order valence-electron chi connectivity index (χ4n) is 4.86. The van der Waals surface area contributed by atoms with E-state index in [9.17, 15) is 41.0 Å². The third-order valence-electron chi connectivity index (χ3n) is 6.70. The van der Waals surface area contributed by atoms with Gasteiger partial charge in [0.25, 0.3) is 5.60 Å². The maximum atomic E-state index is 13.1. The summed E-state index contributed by atoms with van der Waals surface area (Å²) in [5, 5.41) is 9.61. The highest BCUT2D eigenvalue weighted by atomic mass is 19.4. The Morgan fingerprint density at radius 1 is 0.933 bits per heavy atom. The van der Waals surface area contributed by atoms with Gasteiger partial charge in [0.05, 0.1) is 11.8 Å². The van der Waals surface area contributed by atoms with Crippen molar-refractivity contribution in [2.24, 2.45) is 23.7 Å². The van der Waals surface area contributed by atoms with Crippen LogP contribution in [0.4, 0.5) is 26.3 Å². The molecule has 1 amide bonds. The minimum absolute atomic E-state index is 0.0120. The number of aliphatic hydroxyl groups is 1. The summed E-state index contributed by atoms with van der Waals surface area (Å²) >= 11 is 0. The molecule has 4 nitrogen and oxygen atoms in total. The summed E-state index contributed by atoms with van der Waals surface area (Å²) < 4.78 is 78.6. The molecule has 1 heterocycles. The highest BCUT2D eigenvalue weighted by molar-refractivity contribution is 5.99. The molecule has 10 heteroatoms. The van der Waals surface area contributed by atoms with Gasteiger partial charge < -0.3 is 10.0 Å². The lowest BCUT2D eigenvalue weighted by atomic mass is 9.72. The van der Waals surface area contributed by atoms with E-state index in [-0.39, 0.29) is 37.0 Å². The first-order valence-corrected chi connectivity index (χ1v) is 9.83. The van der Waals surface area contributed by atoms with Crippen LogP contribution in [0.15, 0.2) is 23.4 Å². The van der Waals surface area contributed by atoms with Crippen molar-refractivity contribution in [2.75, 3.05) is 6.54 Å². The van der Waals surface area contributed by atoms with Crippen LogP contribution in [0.25, 0.3) is 0 Å². The Kier molecular flexibility index (Phi) is 5.62. The van der Waals surface area contributed by atoms with Gasteiger partial charge in [-0.2, -0.15) is 26.3 Å². The third kappa shape index (κ3) is 3.46. The van der Waals surface area contributed by atoms with Crippen LogP contribution in [0.2, 0.25) is 0 Å². The van der Waals surface area contributed by atoms with Crippen LogP contribution in [0, 0.1) is 23.7 Å². The van der Waals surface area contributed by atoms with E-state index in [4.69, 9.17) is 0 Å². The fraction of sp³-hybridized carbons (Fsp3) is 0.700. The van der Waals surface area contributed by atoms with Crippen molar-refractivity contribution < 1.29 is 41.0 Å². The zero-order valence-electron chi connectivity index (χ0n) is 16.5. The number of allylic oxidation sites excluding steroid dienone is 3. The van der Waals surface area contributed by atoms with Gasteiger partial charge in [0, 0.05) is 18.2 Å². The molecule has 0 saturated heterocycles. The van der Waals surface area contributed by atoms with Crippen molar-refractivity contribution in [1.29, 1.82) is 0 Å². The molecule has 2 unspecified atom stereocenters. The van der Waals surface area contributed by atoms with Crippen LogP contribution in [0.1, 0.15) is 39.5 Å². The summed E-state index contributed by atoms with van der Waals surface area (Å²) in [5.41, 5.74) is -3.44. The van der Waals surface area contributed by atoms with E-state index < -0.39 is 48.5 Å². The molecule has 1 N–H and O–H groups in total. The third-order valence-corrected chi connectivity index (χ3v) is 6.70. The molecule has 0 aromatic carbocycles. The highest BCUT2D eigenvalue weighted by Crippen LogP contribution is 2.52. The minimum Gasteiger partial charge on any atom is -0.373 e. The topological polar surface area (TPSA) is 57.6 Å². The zero-order valence-corrected chi connectivity index (χ0v) is 16.5. The molecule has 2 aliphatic carbocycles. The number of carbonyl (C=O) groups excluding carboxylic acids is 2. The van der Waals surface area contributed by atoms with Crippen LogP contribution >= 0.6 is 0 Å². The van der Waals surface area contributed by atoms with Gasteiger partial charge >= 0.3 is 12.4 Å². The Bertz CT molecular complexity index is 775. The lowest BCUT2D eigenvalue weighted by molar-refractivity contribution is -0.387. The molecule has 0 bridgehead atoms. The Balaban J connectivity index is 1.73. The molecular weight excluding hydrogens is 416 g/mol. The standard InChI is InChI=1S/C20H23F6NO3/c1-10-14-7-8-15(28)11(2)16(14)27(17(10)29)9-12-3-5-13(6-4-12)18(30,19(21,22)23)20(24,25)26/h7-8,10-13,30H,3-6,9H2,1-2H3. The van der Waals surface area contributed by atoms with Crippen molar-refractivity contribution in [2.45, 2.75) is 57.5 Å². The molecule has 3 aliphatic rings. The summed E-state index contributed by atoms with van der Waals surface area (Å²) in [6.07, 6.45) is -9.53. The Morgan fingerprint density at radius 2 is 1.47 bits per heavy atom. The van der Waals surface area contributed by atoms with Crippen LogP contribution in [-0.2, 0) is 9.59 Å². The normalized spacial score (nSPS) is 30.9. The number of hydrogen-bond acceptors (Lipinski definition) is 3. The van der Waals surface area contributed by atoms with E-state index in [0.29, 0.717) is 5.70 Å². The molecule has 0 spiro atoms. The van der Waals surface area contributed by atoms with Crippen LogP contribution in [-0.4, -0.2) is 46.2 Å². The van der Waals surface area contributed by atoms with E-state index in [0.717, 1.165) is 5.57 Å². The molecule has 0 aromatic heterocycles.